The molecule has 0 aliphatic carbocycles. The average Bonchev–Trinajstić information content (AvgIpc) is 2.99. The third kappa shape index (κ3) is 2.32. The van der Waals surface area contributed by atoms with Crippen LogP contribution in [0.25, 0.3) is 11.0 Å². The molecule has 0 saturated carbocycles. The van der Waals surface area contributed by atoms with Crippen LogP contribution in [0.1, 0.15) is 39.2 Å². The second-order valence-corrected chi connectivity index (χ2v) is 6.38. The molecule has 5 heteroatoms. The third-order valence-electron chi connectivity index (χ3n) is 4.48. The number of nitrogens with one attached hydrogen (secondary N) is 1. The molecule has 0 radical (unpaired) electrons. The number of fused-ring (bicyclic) bond motifs is 1. The van der Waals surface area contributed by atoms with Gasteiger partial charge in [0.25, 0.3) is 5.91 Å². The lowest BCUT2D eigenvalue weighted by atomic mass is 9.98. The van der Waals surface area contributed by atoms with E-state index < -0.39 is 0 Å². The maximum Gasteiger partial charge on any atom is 0.257 e. The first-order valence-electron chi connectivity index (χ1n) is 7.84. The summed E-state index contributed by atoms with van der Waals surface area (Å²) in [5.74, 6) is 2.75. The van der Waals surface area contributed by atoms with Crippen molar-refractivity contribution in [3.05, 3.63) is 52.7 Å². The highest BCUT2D eigenvalue weighted by atomic mass is 16.3. The van der Waals surface area contributed by atoms with Gasteiger partial charge in [0, 0.05) is 13.1 Å². The molecule has 0 spiro atoms. The van der Waals surface area contributed by atoms with Crippen LogP contribution in [0.4, 0.5) is 0 Å². The second kappa shape index (κ2) is 4.98. The summed E-state index contributed by atoms with van der Waals surface area (Å²) in [5, 5.41) is 0. The molecular weight excluding hydrogens is 290 g/mol. The molecule has 3 aromatic rings. The Balaban J connectivity index is 1.50. The minimum absolute atomic E-state index is 0.0440. The molecule has 1 saturated heterocycles. The quantitative estimate of drug-likeness (QED) is 0.790. The molecule has 1 aromatic carbocycles. The molecule has 1 fully saturated rings. The highest BCUT2D eigenvalue weighted by Crippen LogP contribution is 2.29. The molecule has 118 valence electrons. The van der Waals surface area contributed by atoms with Gasteiger partial charge in [-0.05, 0) is 44.5 Å². The van der Waals surface area contributed by atoms with E-state index in [2.05, 4.69) is 29.0 Å². The number of aromatic nitrogens is 2. The Bertz CT molecular complexity index is 900. The van der Waals surface area contributed by atoms with Gasteiger partial charge in [-0.2, -0.15) is 0 Å². The van der Waals surface area contributed by atoms with Crippen LogP contribution in [-0.4, -0.2) is 33.9 Å². The molecule has 2 aromatic heterocycles. The number of carbonyl (C=O) groups excluding carboxylic acids is 1. The van der Waals surface area contributed by atoms with E-state index in [9.17, 15) is 4.79 Å². The molecule has 1 aliphatic heterocycles. The van der Waals surface area contributed by atoms with Crippen molar-refractivity contribution in [1.82, 2.24) is 14.9 Å². The number of furan rings is 1. The fourth-order valence-electron chi connectivity index (χ4n) is 3.17. The summed E-state index contributed by atoms with van der Waals surface area (Å²) in [4.78, 5) is 22.4. The smallest absolute Gasteiger partial charge is 0.257 e. The Morgan fingerprint density at radius 1 is 1.26 bits per heavy atom. The third-order valence-corrected chi connectivity index (χ3v) is 4.48. The molecular formula is C18H19N3O2. The molecule has 0 atom stereocenters. The predicted octanol–water partition coefficient (Wildman–Crippen LogP) is 3.32. The van der Waals surface area contributed by atoms with Gasteiger partial charge in [-0.3, -0.25) is 4.79 Å². The minimum Gasteiger partial charge on any atom is -0.466 e. The van der Waals surface area contributed by atoms with E-state index in [4.69, 9.17) is 4.42 Å². The standard InChI is InChI=1S/C18H19N3O2/c1-10-4-5-15-16(6-10)20-17(19-15)13-8-21(9-13)18(22)14-7-11(2)23-12(14)3/h4-7,13H,8-9H2,1-3H3,(H,19,20). The fraction of sp³-hybridized carbons (Fsp3) is 0.333. The number of aromatic amines is 1. The SMILES string of the molecule is Cc1ccc2nc(C3CN(C(=O)c4cc(C)oc4C)C3)[nH]c2c1. The van der Waals surface area contributed by atoms with Crippen LogP contribution in [0.15, 0.2) is 28.7 Å². The molecule has 1 amide bonds. The van der Waals surface area contributed by atoms with Crippen molar-refractivity contribution in [2.24, 2.45) is 0 Å². The molecule has 0 bridgehead atoms. The zero-order chi connectivity index (χ0) is 16.1. The largest absolute Gasteiger partial charge is 0.466 e. The van der Waals surface area contributed by atoms with Gasteiger partial charge < -0.3 is 14.3 Å². The number of rotatable bonds is 2. The maximum absolute atomic E-state index is 12.5. The topological polar surface area (TPSA) is 62.1 Å². The number of aryl methyl sites for hydroxylation is 3. The number of nitrogens with zero attached hydrogens (tertiary/aromatic N) is 2. The Morgan fingerprint density at radius 3 is 2.74 bits per heavy atom. The van der Waals surface area contributed by atoms with Crippen LogP contribution in [0.3, 0.4) is 0 Å². The summed E-state index contributed by atoms with van der Waals surface area (Å²) < 4.78 is 5.45. The number of amides is 1. The highest BCUT2D eigenvalue weighted by molar-refractivity contribution is 5.96. The molecule has 23 heavy (non-hydrogen) atoms. The lowest BCUT2D eigenvalue weighted by Crippen LogP contribution is -2.48. The van der Waals surface area contributed by atoms with E-state index in [1.165, 1.54) is 5.56 Å². The van der Waals surface area contributed by atoms with E-state index in [1.807, 2.05) is 30.9 Å². The fourth-order valence-corrected chi connectivity index (χ4v) is 3.17. The Morgan fingerprint density at radius 2 is 2.04 bits per heavy atom. The van der Waals surface area contributed by atoms with Crippen LogP contribution < -0.4 is 0 Å². The summed E-state index contributed by atoms with van der Waals surface area (Å²) in [7, 11) is 0. The highest BCUT2D eigenvalue weighted by Gasteiger charge is 2.35. The van der Waals surface area contributed by atoms with Crippen molar-refractivity contribution in [2.75, 3.05) is 13.1 Å². The Labute approximate surface area is 134 Å². The number of hydrogen-bond donors (Lipinski definition) is 1. The van der Waals surface area contributed by atoms with E-state index in [0.717, 1.165) is 22.6 Å². The van der Waals surface area contributed by atoms with E-state index in [1.54, 1.807) is 0 Å². The summed E-state index contributed by atoms with van der Waals surface area (Å²) in [5.41, 5.74) is 3.92. The van der Waals surface area contributed by atoms with Crippen molar-refractivity contribution in [1.29, 1.82) is 0 Å². The summed E-state index contributed by atoms with van der Waals surface area (Å²) in [6.45, 7) is 7.15. The predicted molar refractivity (Wildman–Crippen MR) is 87.7 cm³/mol. The lowest BCUT2D eigenvalue weighted by molar-refractivity contribution is 0.0594. The lowest BCUT2D eigenvalue weighted by Gasteiger charge is -2.38. The molecule has 5 nitrogen and oxygen atoms in total. The first-order chi connectivity index (χ1) is 11.0. The van der Waals surface area contributed by atoms with Crippen LogP contribution in [-0.2, 0) is 0 Å². The number of imidazole rings is 1. The normalized spacial score (nSPS) is 15.2. The first-order valence-corrected chi connectivity index (χ1v) is 7.84. The zero-order valence-corrected chi connectivity index (χ0v) is 13.5. The number of likely N-dealkylation sites (tertiary alicyclic amines) is 1. The van der Waals surface area contributed by atoms with Crippen molar-refractivity contribution in [3.8, 4) is 0 Å². The molecule has 1 N–H and O–H groups in total. The molecule has 1 aliphatic rings. The van der Waals surface area contributed by atoms with Gasteiger partial charge in [0.05, 0.1) is 22.5 Å². The van der Waals surface area contributed by atoms with Gasteiger partial charge >= 0.3 is 0 Å². The summed E-state index contributed by atoms with van der Waals surface area (Å²) in [6, 6.07) is 8.01. The molecule has 3 heterocycles. The average molecular weight is 309 g/mol. The number of carbonyl (C=O) groups is 1. The van der Waals surface area contributed by atoms with Gasteiger partial charge in [0.1, 0.15) is 17.3 Å². The number of H-pyrrole nitrogens is 1. The van der Waals surface area contributed by atoms with Gasteiger partial charge in [-0.1, -0.05) is 6.07 Å². The summed E-state index contributed by atoms with van der Waals surface area (Å²) in [6.07, 6.45) is 0. The Hall–Kier alpha value is -2.56. The maximum atomic E-state index is 12.5. The zero-order valence-electron chi connectivity index (χ0n) is 13.5. The van der Waals surface area contributed by atoms with Gasteiger partial charge in [-0.25, -0.2) is 4.98 Å². The van der Waals surface area contributed by atoms with Crippen LogP contribution in [0, 0.1) is 20.8 Å². The second-order valence-electron chi connectivity index (χ2n) is 6.38. The monoisotopic (exact) mass is 309 g/mol. The number of benzene rings is 1. The van der Waals surface area contributed by atoms with Crippen LogP contribution in [0.5, 0.6) is 0 Å². The summed E-state index contributed by atoms with van der Waals surface area (Å²) >= 11 is 0. The Kier molecular flexibility index (Phi) is 3.04. The van der Waals surface area contributed by atoms with E-state index >= 15 is 0 Å². The van der Waals surface area contributed by atoms with Crippen LogP contribution >= 0.6 is 0 Å². The van der Waals surface area contributed by atoms with E-state index in [-0.39, 0.29) is 11.8 Å². The minimum atomic E-state index is 0.0440. The van der Waals surface area contributed by atoms with Crippen molar-refractivity contribution in [2.45, 2.75) is 26.7 Å². The van der Waals surface area contributed by atoms with Gasteiger partial charge in [0.15, 0.2) is 0 Å². The van der Waals surface area contributed by atoms with Crippen LogP contribution in [0.2, 0.25) is 0 Å². The first kappa shape index (κ1) is 14.1. The van der Waals surface area contributed by atoms with Crippen molar-refractivity contribution in [3.63, 3.8) is 0 Å². The molecule has 0 unspecified atom stereocenters. The van der Waals surface area contributed by atoms with Crippen molar-refractivity contribution >= 4 is 16.9 Å². The van der Waals surface area contributed by atoms with E-state index in [0.29, 0.717) is 24.4 Å². The van der Waals surface area contributed by atoms with Crippen molar-refractivity contribution < 1.29 is 9.21 Å². The number of hydrogen-bond acceptors (Lipinski definition) is 3. The molecule has 4 rings (SSSR count). The van der Waals surface area contributed by atoms with Gasteiger partial charge in [-0.15, -0.1) is 0 Å². The van der Waals surface area contributed by atoms with Gasteiger partial charge in [0.2, 0.25) is 0 Å².